The van der Waals surface area contributed by atoms with Crippen molar-refractivity contribution in [3.05, 3.63) is 239 Å². The molecule has 0 radical (unpaired) electrons. The molecule has 0 saturated heterocycles. The molecular formula is C82H110N8O6Si. The molecule has 0 amide bonds. The molecule has 0 spiro atoms. The van der Waals surface area contributed by atoms with Gasteiger partial charge in [0.2, 0.25) is 0 Å². The van der Waals surface area contributed by atoms with Gasteiger partial charge < -0.3 is 41.7 Å². The zero-order valence-corrected chi connectivity index (χ0v) is 61.8. The number of likely N-dealkylation sites (N-methyl/N-ethyl adjacent to an activating group) is 1. The molecule has 0 fully saturated rings. The molecule has 0 aliphatic heterocycles. The third kappa shape index (κ3) is 31.0. The lowest BCUT2D eigenvalue weighted by atomic mass is 9.80. The maximum atomic E-state index is 10.0. The number of nitrogens with one attached hydrogen (secondary N) is 1. The van der Waals surface area contributed by atoms with Gasteiger partial charge in [-0.1, -0.05) is 172 Å². The zero-order valence-electron chi connectivity index (χ0n) is 60.8. The molecule has 0 bridgehead atoms. The number of nitrogens with zero attached hydrogens (tertiary/aromatic N) is 6. The predicted octanol–water partition coefficient (Wildman–Crippen LogP) is 18.8. The van der Waals surface area contributed by atoms with E-state index in [4.69, 9.17) is 10.7 Å². The van der Waals surface area contributed by atoms with Gasteiger partial charge in [0.25, 0.3) is 0 Å². The van der Waals surface area contributed by atoms with Gasteiger partial charge in [-0.2, -0.15) is 0 Å². The highest BCUT2D eigenvalue weighted by Gasteiger charge is 2.21. The Morgan fingerprint density at radius 1 is 0.381 bits per heavy atom. The minimum atomic E-state index is -1.01. The molecule has 0 aliphatic carbocycles. The molecule has 8 aromatic carbocycles. The summed E-state index contributed by atoms with van der Waals surface area (Å²) in [5, 5.41) is 61.0. The second kappa shape index (κ2) is 42.3. The number of hydrogen-bond acceptors (Lipinski definition) is 14. The van der Waals surface area contributed by atoms with Gasteiger partial charge in [0.1, 0.15) is 34.5 Å². The lowest BCUT2D eigenvalue weighted by Gasteiger charge is -2.25. The Bertz CT molecular complexity index is 3760. The molecule has 0 aromatic heterocycles. The summed E-state index contributed by atoms with van der Waals surface area (Å²) >= 11 is 0. The van der Waals surface area contributed by atoms with E-state index in [0.29, 0.717) is 30.3 Å². The second-order valence-electron chi connectivity index (χ2n) is 26.5. The highest BCUT2D eigenvalue weighted by atomic mass is 28.3. The van der Waals surface area contributed by atoms with E-state index in [1.54, 1.807) is 54.6 Å². The Kier molecular flexibility index (Phi) is 35.7. The first-order valence-corrected chi connectivity index (χ1v) is 37.0. The number of aliphatic imine (C=N–C) groups is 6. The number of hydrogen-bond donors (Lipinski definition) is 8. The van der Waals surface area contributed by atoms with Crippen LogP contribution in [0.4, 0.5) is 11.4 Å². The molecule has 8 aromatic rings. The van der Waals surface area contributed by atoms with Crippen molar-refractivity contribution < 1.29 is 30.6 Å². The van der Waals surface area contributed by atoms with Gasteiger partial charge in [-0.05, 0) is 180 Å². The van der Waals surface area contributed by atoms with Gasteiger partial charge in [-0.15, -0.1) is 0 Å². The minimum Gasteiger partial charge on any atom is -0.507 e. The summed E-state index contributed by atoms with van der Waals surface area (Å²) < 4.78 is 0. The fraction of sp³-hybridized carbons (Fsp3) is 0.341. The highest BCUT2D eigenvalue weighted by Crippen LogP contribution is 2.34. The summed E-state index contributed by atoms with van der Waals surface area (Å²) in [6, 6.07) is 61.1. The standard InChI is InChI=1S/C22H29NO.C14H13NO.C13H21NOSi.C12H17NO.C11H16N2O.C10H14N2O/c1-15(19-10-8-9-11-20(19)24)23-18-13-16(21(2,3)4)12-17(14-18)22(5,6)7;1-11(13-9-5-6-10-14(13)16)15-12-7-3-2-4-8-12;1-11(14-9-10-16(2,3)4)12-7-5-6-8-13(12)15;1-3-4-9-13-10(2)11-7-5-6-8-12(11)14;1-9(13-8-7-12-2)10-5-3-4-6-11(10)14;1-8(12-7-6-11)9-4-2-3-5-10(9)13/h8-14,24H,1-7H3;2-10,16H,1H3;5-8,15H,9-10H2,1-4H3;5-8,14H,3-4,9H2,1-2H3;3-6,12,14H,7-8H2,1-2H3;2-5,13H,6-7,11H2,1H3. The van der Waals surface area contributed by atoms with Crippen LogP contribution in [0.15, 0.2) is 224 Å². The van der Waals surface area contributed by atoms with Gasteiger partial charge in [-0.3, -0.25) is 30.0 Å². The van der Waals surface area contributed by atoms with Gasteiger partial charge in [0.15, 0.2) is 0 Å². The van der Waals surface area contributed by atoms with Crippen LogP contribution >= 0.6 is 0 Å². The van der Waals surface area contributed by atoms with E-state index >= 15 is 0 Å². The van der Waals surface area contributed by atoms with E-state index in [0.717, 1.165) is 118 Å². The quantitative estimate of drug-likeness (QED) is 0.0220. The second-order valence-corrected chi connectivity index (χ2v) is 32.1. The molecule has 0 heterocycles. The number of nitrogens with two attached hydrogens (primary N) is 1. The van der Waals surface area contributed by atoms with Crippen molar-refractivity contribution in [2.45, 2.75) is 139 Å². The SMILES string of the molecule is CC(=NCCN)c1ccccc1O.CC(=NCC[Si](C)(C)C)c1ccccc1O.CC(=Nc1cc(C(C)(C)C)cc(C(C)(C)C)c1)c1ccccc1O.CC(=Nc1ccccc1)c1ccccc1O.CCCCN=C(C)c1ccccc1O.CNCCN=C(C)c1ccccc1O. The fourth-order valence-corrected chi connectivity index (χ4v) is 9.88. The van der Waals surface area contributed by atoms with Crippen LogP contribution in [0.5, 0.6) is 34.5 Å². The van der Waals surface area contributed by atoms with E-state index in [9.17, 15) is 30.6 Å². The number of aromatic hydroxyl groups is 6. The van der Waals surface area contributed by atoms with Crippen molar-refractivity contribution in [2.24, 2.45) is 35.7 Å². The molecule has 0 unspecified atom stereocenters. The van der Waals surface area contributed by atoms with Crippen LogP contribution in [-0.2, 0) is 10.8 Å². The van der Waals surface area contributed by atoms with Gasteiger partial charge in [0.05, 0.1) is 24.5 Å². The Morgan fingerprint density at radius 2 is 0.670 bits per heavy atom. The Balaban J connectivity index is 0.000000307. The number of phenols is 6. The molecular weight excluding hydrogens is 1220 g/mol. The van der Waals surface area contributed by atoms with E-state index in [-0.39, 0.29) is 28.1 Å². The fourth-order valence-electron chi connectivity index (χ4n) is 9.10. The molecule has 518 valence electrons. The van der Waals surface area contributed by atoms with Crippen LogP contribution in [0, 0.1) is 0 Å². The van der Waals surface area contributed by atoms with Crippen LogP contribution in [0.1, 0.15) is 147 Å². The third-order valence-electron chi connectivity index (χ3n) is 15.0. The summed E-state index contributed by atoms with van der Waals surface area (Å²) in [6.07, 6.45) is 2.25. The van der Waals surface area contributed by atoms with Crippen LogP contribution < -0.4 is 11.1 Å². The number of phenolic OH excluding ortho intramolecular Hbond substituents is 6. The van der Waals surface area contributed by atoms with Crippen molar-refractivity contribution in [3.8, 4) is 34.5 Å². The molecule has 14 nitrogen and oxygen atoms in total. The smallest absolute Gasteiger partial charge is 0.124 e. The summed E-state index contributed by atoms with van der Waals surface area (Å²) in [4.78, 5) is 26.7. The van der Waals surface area contributed by atoms with Crippen LogP contribution in [0.2, 0.25) is 25.7 Å². The van der Waals surface area contributed by atoms with Crippen molar-refractivity contribution in [1.82, 2.24) is 5.32 Å². The predicted molar refractivity (Wildman–Crippen MR) is 417 cm³/mol. The van der Waals surface area contributed by atoms with Crippen molar-refractivity contribution in [1.29, 1.82) is 0 Å². The number of para-hydroxylation sites is 7. The molecule has 9 N–H and O–H groups in total. The van der Waals surface area contributed by atoms with E-state index in [1.807, 2.05) is 170 Å². The largest absolute Gasteiger partial charge is 0.507 e. The Hall–Kier alpha value is -9.28. The molecule has 8 rings (SSSR count). The average molecular weight is 1330 g/mol. The van der Waals surface area contributed by atoms with Crippen molar-refractivity contribution in [2.75, 3.05) is 46.3 Å². The number of benzene rings is 8. The first kappa shape index (κ1) is 81.9. The monoisotopic (exact) mass is 1330 g/mol. The van der Waals surface area contributed by atoms with E-state index < -0.39 is 8.07 Å². The Labute approximate surface area is 581 Å². The van der Waals surface area contributed by atoms with E-state index in [1.165, 1.54) is 17.2 Å². The normalized spacial score (nSPS) is 12.2. The van der Waals surface area contributed by atoms with Gasteiger partial charge in [-0.25, -0.2) is 0 Å². The van der Waals surface area contributed by atoms with Gasteiger partial charge in [0, 0.05) is 102 Å². The van der Waals surface area contributed by atoms with Crippen molar-refractivity contribution >= 4 is 53.7 Å². The van der Waals surface area contributed by atoms with E-state index in [2.05, 4.69) is 117 Å². The van der Waals surface area contributed by atoms with Crippen LogP contribution in [0.3, 0.4) is 0 Å². The van der Waals surface area contributed by atoms with Crippen molar-refractivity contribution in [3.63, 3.8) is 0 Å². The van der Waals surface area contributed by atoms with Crippen LogP contribution in [-0.4, -0.2) is 119 Å². The number of rotatable bonds is 19. The maximum Gasteiger partial charge on any atom is 0.124 e. The molecule has 15 heteroatoms. The molecule has 0 saturated carbocycles. The highest BCUT2D eigenvalue weighted by molar-refractivity contribution is 6.76. The summed E-state index contributed by atoms with van der Waals surface area (Å²) in [5.74, 6) is 1.71. The topological polar surface area (TPSA) is 234 Å². The first-order valence-electron chi connectivity index (χ1n) is 33.3. The average Bonchev–Trinajstić information content (AvgIpc) is 0.924. The zero-order chi connectivity index (χ0) is 72.1. The maximum absolute atomic E-state index is 10.0. The number of unbranched alkanes of at least 4 members (excludes halogenated alkanes) is 1. The lowest BCUT2D eigenvalue weighted by Crippen LogP contribution is -2.20. The minimum absolute atomic E-state index is 0.0638. The molecule has 97 heavy (non-hydrogen) atoms. The summed E-state index contributed by atoms with van der Waals surface area (Å²) in [5.41, 5.74) is 19.8. The lowest BCUT2D eigenvalue weighted by molar-refractivity contribution is 0.473. The first-order chi connectivity index (χ1) is 45.9. The van der Waals surface area contributed by atoms with Crippen LogP contribution in [0.25, 0.3) is 0 Å². The third-order valence-corrected chi connectivity index (χ3v) is 16.7. The molecule has 0 atom stereocenters. The summed E-state index contributed by atoms with van der Waals surface area (Å²) in [7, 11) is 0.886. The van der Waals surface area contributed by atoms with Gasteiger partial charge >= 0.3 is 0 Å². The Morgan fingerprint density at radius 3 is 0.969 bits per heavy atom. The summed E-state index contributed by atoms with van der Waals surface area (Å²) in [6.45, 7) is 38.4. The molecule has 0 aliphatic rings.